The van der Waals surface area contributed by atoms with Gasteiger partial charge < -0.3 is 9.47 Å². The summed E-state index contributed by atoms with van der Waals surface area (Å²) in [5, 5.41) is 0. The molecule has 1 aromatic carbocycles. The quantitative estimate of drug-likeness (QED) is 0.770. The van der Waals surface area contributed by atoms with Crippen LogP contribution in [0.1, 0.15) is 31.7 Å². The Bertz CT molecular complexity index is 429. The average molecular weight is 276 g/mol. The van der Waals surface area contributed by atoms with Gasteiger partial charge in [0.2, 0.25) is 0 Å². The van der Waals surface area contributed by atoms with Crippen molar-refractivity contribution in [2.45, 2.75) is 32.5 Å². The van der Waals surface area contributed by atoms with Crippen LogP contribution in [0, 0.1) is 0 Å². The van der Waals surface area contributed by atoms with E-state index in [-0.39, 0.29) is 17.9 Å². The Morgan fingerprint density at radius 1 is 1.26 bits per heavy atom. The Labute approximate surface area is 109 Å². The van der Waals surface area contributed by atoms with Gasteiger partial charge in [0.25, 0.3) is 0 Å². The van der Waals surface area contributed by atoms with E-state index in [1.807, 2.05) is 0 Å². The maximum absolute atomic E-state index is 12.3. The van der Waals surface area contributed by atoms with Crippen LogP contribution in [0.15, 0.2) is 24.3 Å². The lowest BCUT2D eigenvalue weighted by Gasteiger charge is -2.18. The number of para-hydroxylation sites is 1. The van der Waals surface area contributed by atoms with E-state index in [1.54, 1.807) is 19.9 Å². The largest absolute Gasteiger partial charge is 0.573 e. The first-order valence-electron chi connectivity index (χ1n) is 5.90. The van der Waals surface area contributed by atoms with Gasteiger partial charge in [0.1, 0.15) is 5.75 Å². The van der Waals surface area contributed by atoms with Gasteiger partial charge in [-0.25, -0.2) is 0 Å². The fraction of sp³-hybridized carbons (Fsp3) is 0.462. The summed E-state index contributed by atoms with van der Waals surface area (Å²) in [5.41, 5.74) is 0.181. The summed E-state index contributed by atoms with van der Waals surface area (Å²) >= 11 is 0. The lowest BCUT2D eigenvalue weighted by Crippen LogP contribution is -2.21. The van der Waals surface area contributed by atoms with Gasteiger partial charge in [-0.15, -0.1) is 13.2 Å². The summed E-state index contributed by atoms with van der Waals surface area (Å²) in [6.07, 6.45) is -4.46. The molecule has 19 heavy (non-hydrogen) atoms. The molecule has 1 rings (SSSR count). The van der Waals surface area contributed by atoms with Crippen molar-refractivity contribution in [3.63, 3.8) is 0 Å². The van der Waals surface area contributed by atoms with Gasteiger partial charge in [-0.2, -0.15) is 0 Å². The van der Waals surface area contributed by atoms with Crippen molar-refractivity contribution >= 4 is 5.97 Å². The van der Waals surface area contributed by atoms with E-state index < -0.39 is 18.2 Å². The van der Waals surface area contributed by atoms with Crippen LogP contribution in [0.2, 0.25) is 0 Å². The zero-order valence-electron chi connectivity index (χ0n) is 10.7. The number of halogens is 3. The number of benzene rings is 1. The standard InChI is InChI=1S/C13H15F3O3/c1-3-9(12(17)18-4-2)10-7-5-6-8-11(10)19-13(14,15)16/h5-9H,3-4H2,1-2H3. The maximum atomic E-state index is 12.3. The molecule has 1 atom stereocenters. The number of esters is 1. The molecule has 106 valence electrons. The first-order valence-corrected chi connectivity index (χ1v) is 5.90. The highest BCUT2D eigenvalue weighted by atomic mass is 19.4. The number of rotatable bonds is 5. The van der Waals surface area contributed by atoms with Gasteiger partial charge >= 0.3 is 12.3 Å². The minimum absolute atomic E-state index is 0.178. The van der Waals surface area contributed by atoms with Crippen molar-refractivity contribution in [2.24, 2.45) is 0 Å². The fourth-order valence-electron chi connectivity index (χ4n) is 1.74. The molecule has 0 radical (unpaired) electrons. The lowest BCUT2D eigenvalue weighted by molar-refractivity contribution is -0.275. The smallest absolute Gasteiger partial charge is 0.466 e. The molecule has 0 aliphatic carbocycles. The molecule has 0 amide bonds. The highest BCUT2D eigenvalue weighted by molar-refractivity contribution is 5.79. The second-order valence-electron chi connectivity index (χ2n) is 3.80. The van der Waals surface area contributed by atoms with Gasteiger partial charge in [-0.3, -0.25) is 4.79 Å². The van der Waals surface area contributed by atoms with Gasteiger partial charge in [0, 0.05) is 5.56 Å². The van der Waals surface area contributed by atoms with E-state index in [0.717, 1.165) is 0 Å². The SMILES string of the molecule is CCOC(=O)C(CC)c1ccccc1OC(F)(F)F. The van der Waals surface area contributed by atoms with Crippen LogP contribution in [0.4, 0.5) is 13.2 Å². The van der Waals surface area contributed by atoms with Crippen LogP contribution in [0.25, 0.3) is 0 Å². The Hall–Kier alpha value is -1.72. The van der Waals surface area contributed by atoms with Crippen molar-refractivity contribution in [1.29, 1.82) is 0 Å². The molecule has 0 N–H and O–H groups in total. The normalized spacial score (nSPS) is 12.9. The lowest BCUT2D eigenvalue weighted by atomic mass is 9.96. The van der Waals surface area contributed by atoms with E-state index in [0.29, 0.717) is 6.42 Å². The maximum Gasteiger partial charge on any atom is 0.573 e. The molecular formula is C13H15F3O3. The molecule has 0 fully saturated rings. The Balaban J connectivity index is 3.06. The molecule has 3 nitrogen and oxygen atoms in total. The second-order valence-corrected chi connectivity index (χ2v) is 3.80. The first-order chi connectivity index (χ1) is 8.89. The van der Waals surface area contributed by atoms with E-state index in [4.69, 9.17) is 4.74 Å². The van der Waals surface area contributed by atoms with E-state index >= 15 is 0 Å². The van der Waals surface area contributed by atoms with Crippen molar-refractivity contribution in [1.82, 2.24) is 0 Å². The predicted molar refractivity (Wildman–Crippen MR) is 62.8 cm³/mol. The van der Waals surface area contributed by atoms with Crippen LogP contribution in [-0.2, 0) is 9.53 Å². The van der Waals surface area contributed by atoms with Crippen LogP contribution in [-0.4, -0.2) is 18.9 Å². The van der Waals surface area contributed by atoms with Crippen molar-refractivity contribution in [3.05, 3.63) is 29.8 Å². The summed E-state index contributed by atoms with van der Waals surface area (Å²) in [6, 6.07) is 5.60. The topological polar surface area (TPSA) is 35.5 Å². The molecule has 0 saturated heterocycles. The summed E-state index contributed by atoms with van der Waals surface area (Å²) in [6.45, 7) is 3.52. The van der Waals surface area contributed by atoms with Gasteiger partial charge in [-0.1, -0.05) is 25.1 Å². The summed E-state index contributed by atoms with van der Waals surface area (Å²) in [7, 11) is 0. The van der Waals surface area contributed by atoms with Gasteiger partial charge in [0.15, 0.2) is 0 Å². The van der Waals surface area contributed by atoms with Crippen molar-refractivity contribution in [3.8, 4) is 5.75 Å². The highest BCUT2D eigenvalue weighted by Gasteiger charge is 2.34. The van der Waals surface area contributed by atoms with E-state index in [1.165, 1.54) is 18.2 Å². The summed E-state index contributed by atoms with van der Waals surface area (Å²) in [5.74, 6) is -1.68. The molecule has 0 aromatic heterocycles. The second kappa shape index (κ2) is 6.45. The third-order valence-electron chi connectivity index (χ3n) is 2.50. The molecule has 0 heterocycles. The average Bonchev–Trinajstić information content (AvgIpc) is 2.30. The minimum atomic E-state index is -4.79. The van der Waals surface area contributed by atoms with Crippen LogP contribution in [0.5, 0.6) is 5.75 Å². The third kappa shape index (κ3) is 4.46. The molecule has 0 spiro atoms. The van der Waals surface area contributed by atoms with Crippen molar-refractivity contribution in [2.75, 3.05) is 6.61 Å². The number of hydrogen-bond donors (Lipinski definition) is 0. The third-order valence-corrected chi connectivity index (χ3v) is 2.50. The molecule has 0 aliphatic heterocycles. The molecular weight excluding hydrogens is 261 g/mol. The minimum Gasteiger partial charge on any atom is -0.466 e. The molecule has 1 unspecified atom stereocenters. The van der Waals surface area contributed by atoms with Crippen LogP contribution >= 0.6 is 0 Å². The number of hydrogen-bond acceptors (Lipinski definition) is 3. The molecule has 0 bridgehead atoms. The Kier molecular flexibility index (Phi) is 5.20. The Morgan fingerprint density at radius 2 is 1.89 bits per heavy atom. The number of carbonyl (C=O) groups excluding carboxylic acids is 1. The number of alkyl halides is 3. The fourth-order valence-corrected chi connectivity index (χ4v) is 1.74. The zero-order chi connectivity index (χ0) is 14.5. The molecule has 0 aliphatic rings. The van der Waals surface area contributed by atoms with E-state index in [2.05, 4.69) is 4.74 Å². The molecule has 1 aromatic rings. The Morgan fingerprint density at radius 3 is 2.42 bits per heavy atom. The van der Waals surface area contributed by atoms with Crippen LogP contribution in [0.3, 0.4) is 0 Å². The summed E-state index contributed by atoms with van der Waals surface area (Å²) < 4.78 is 45.7. The molecule has 0 saturated carbocycles. The monoisotopic (exact) mass is 276 g/mol. The first kappa shape index (κ1) is 15.3. The van der Waals surface area contributed by atoms with E-state index in [9.17, 15) is 18.0 Å². The van der Waals surface area contributed by atoms with Gasteiger partial charge in [-0.05, 0) is 19.4 Å². The predicted octanol–water partition coefficient (Wildman–Crippen LogP) is 3.64. The zero-order valence-corrected chi connectivity index (χ0v) is 10.7. The molecule has 6 heteroatoms. The number of carbonyl (C=O) groups is 1. The highest BCUT2D eigenvalue weighted by Crippen LogP contribution is 2.33. The van der Waals surface area contributed by atoms with Gasteiger partial charge in [0.05, 0.1) is 12.5 Å². The van der Waals surface area contributed by atoms with Crippen LogP contribution < -0.4 is 4.74 Å². The van der Waals surface area contributed by atoms with Crippen molar-refractivity contribution < 1.29 is 27.4 Å². The number of ether oxygens (including phenoxy) is 2. The summed E-state index contributed by atoms with van der Waals surface area (Å²) in [4.78, 5) is 11.7.